The standard InChI is InChI=1S/C16H26N4O4S/c1-4-7-17-15(21)12(2)18-16(22)14-10-13(11-19(14)3)25(23,24)20-8-5-6-9-20/h10-12H,4-9H2,1-3H3,(H,17,21)(H,18,22)/t12-/m0/s1. The summed E-state index contributed by atoms with van der Waals surface area (Å²) < 4.78 is 28.1. The van der Waals surface area contributed by atoms with Crippen LogP contribution in [0.1, 0.15) is 43.6 Å². The predicted octanol–water partition coefficient (Wildman–Crippen LogP) is 0.454. The number of hydrogen-bond acceptors (Lipinski definition) is 4. The molecule has 25 heavy (non-hydrogen) atoms. The lowest BCUT2D eigenvalue weighted by atomic mass is 10.3. The Morgan fingerprint density at radius 2 is 1.92 bits per heavy atom. The maximum atomic E-state index is 12.6. The van der Waals surface area contributed by atoms with Crippen molar-refractivity contribution in [2.24, 2.45) is 7.05 Å². The van der Waals surface area contributed by atoms with Crippen molar-refractivity contribution in [1.82, 2.24) is 19.5 Å². The van der Waals surface area contributed by atoms with Gasteiger partial charge in [0.1, 0.15) is 16.6 Å². The Labute approximate surface area is 148 Å². The summed E-state index contributed by atoms with van der Waals surface area (Å²) in [6.07, 6.45) is 3.94. The molecule has 1 aliphatic heterocycles. The van der Waals surface area contributed by atoms with E-state index in [1.54, 1.807) is 14.0 Å². The topological polar surface area (TPSA) is 101 Å². The molecule has 0 saturated carbocycles. The third-order valence-electron chi connectivity index (χ3n) is 4.21. The van der Waals surface area contributed by atoms with Gasteiger partial charge in [-0.3, -0.25) is 9.59 Å². The number of sulfonamides is 1. The molecule has 140 valence electrons. The van der Waals surface area contributed by atoms with Crippen molar-refractivity contribution < 1.29 is 18.0 Å². The van der Waals surface area contributed by atoms with Crippen molar-refractivity contribution in [2.75, 3.05) is 19.6 Å². The lowest BCUT2D eigenvalue weighted by Gasteiger charge is -2.14. The summed E-state index contributed by atoms with van der Waals surface area (Å²) in [5.74, 6) is -0.751. The first-order chi connectivity index (χ1) is 11.8. The van der Waals surface area contributed by atoms with Crippen LogP contribution in [0.25, 0.3) is 0 Å². The van der Waals surface area contributed by atoms with E-state index in [-0.39, 0.29) is 16.5 Å². The third-order valence-corrected chi connectivity index (χ3v) is 6.07. The summed E-state index contributed by atoms with van der Waals surface area (Å²) in [7, 11) is -1.97. The zero-order chi connectivity index (χ0) is 18.6. The first kappa shape index (κ1) is 19.5. The molecule has 1 aromatic heterocycles. The fourth-order valence-electron chi connectivity index (χ4n) is 2.72. The molecule has 0 spiro atoms. The van der Waals surface area contributed by atoms with Gasteiger partial charge in [0.25, 0.3) is 5.91 Å². The van der Waals surface area contributed by atoms with Crippen LogP contribution < -0.4 is 10.6 Å². The van der Waals surface area contributed by atoms with Crippen molar-refractivity contribution in [3.8, 4) is 0 Å². The summed E-state index contributed by atoms with van der Waals surface area (Å²) in [5.41, 5.74) is 0.202. The first-order valence-corrected chi connectivity index (χ1v) is 9.96. The minimum Gasteiger partial charge on any atom is -0.354 e. The van der Waals surface area contributed by atoms with Crippen LogP contribution in [0, 0.1) is 0 Å². The van der Waals surface area contributed by atoms with Gasteiger partial charge in [-0.25, -0.2) is 8.42 Å². The Morgan fingerprint density at radius 1 is 1.28 bits per heavy atom. The number of carbonyl (C=O) groups is 2. The number of hydrogen-bond donors (Lipinski definition) is 2. The Hall–Kier alpha value is -1.87. The van der Waals surface area contributed by atoms with Gasteiger partial charge in [-0.2, -0.15) is 4.31 Å². The van der Waals surface area contributed by atoms with E-state index in [0.29, 0.717) is 19.6 Å². The normalized spacial score (nSPS) is 16.6. The molecule has 0 unspecified atom stereocenters. The Morgan fingerprint density at radius 3 is 2.52 bits per heavy atom. The van der Waals surface area contributed by atoms with Gasteiger partial charge in [0, 0.05) is 32.9 Å². The van der Waals surface area contributed by atoms with Crippen LogP contribution in [-0.2, 0) is 21.9 Å². The van der Waals surface area contributed by atoms with E-state index in [2.05, 4.69) is 10.6 Å². The van der Waals surface area contributed by atoms with E-state index in [4.69, 9.17) is 0 Å². The predicted molar refractivity (Wildman–Crippen MR) is 93.6 cm³/mol. The number of carbonyl (C=O) groups excluding carboxylic acids is 2. The van der Waals surface area contributed by atoms with Crippen LogP contribution in [-0.4, -0.2) is 54.8 Å². The number of amides is 2. The van der Waals surface area contributed by atoms with Crippen LogP contribution in [0.4, 0.5) is 0 Å². The fraction of sp³-hybridized carbons (Fsp3) is 0.625. The highest BCUT2D eigenvalue weighted by molar-refractivity contribution is 7.89. The molecule has 1 aliphatic rings. The minimum absolute atomic E-state index is 0.102. The second-order valence-corrected chi connectivity index (χ2v) is 8.21. The van der Waals surface area contributed by atoms with E-state index in [1.165, 1.54) is 21.1 Å². The molecule has 1 aromatic rings. The zero-order valence-corrected chi connectivity index (χ0v) is 15.7. The van der Waals surface area contributed by atoms with E-state index in [1.807, 2.05) is 6.92 Å². The number of aromatic nitrogens is 1. The second-order valence-electron chi connectivity index (χ2n) is 6.27. The largest absolute Gasteiger partial charge is 0.354 e. The average Bonchev–Trinajstić information content (AvgIpc) is 3.22. The quantitative estimate of drug-likeness (QED) is 0.728. The second kappa shape index (κ2) is 8.01. The minimum atomic E-state index is -3.58. The van der Waals surface area contributed by atoms with E-state index in [0.717, 1.165) is 19.3 Å². The Balaban J connectivity index is 2.11. The van der Waals surface area contributed by atoms with Gasteiger partial charge in [0.05, 0.1) is 0 Å². The van der Waals surface area contributed by atoms with Gasteiger partial charge >= 0.3 is 0 Å². The molecule has 1 fully saturated rings. The summed E-state index contributed by atoms with van der Waals surface area (Å²) in [5, 5.41) is 5.31. The summed E-state index contributed by atoms with van der Waals surface area (Å²) in [4.78, 5) is 24.4. The fourth-order valence-corrected chi connectivity index (χ4v) is 4.30. The molecule has 2 N–H and O–H groups in total. The highest BCUT2D eigenvalue weighted by Crippen LogP contribution is 2.22. The van der Waals surface area contributed by atoms with E-state index < -0.39 is 22.0 Å². The van der Waals surface area contributed by atoms with Crippen LogP contribution >= 0.6 is 0 Å². The van der Waals surface area contributed by atoms with Gasteiger partial charge < -0.3 is 15.2 Å². The Bertz CT molecular complexity index is 735. The molecule has 0 aromatic carbocycles. The number of aryl methyl sites for hydroxylation is 1. The molecule has 8 nitrogen and oxygen atoms in total. The van der Waals surface area contributed by atoms with Crippen LogP contribution in [0.5, 0.6) is 0 Å². The molecular weight excluding hydrogens is 344 g/mol. The van der Waals surface area contributed by atoms with Crippen LogP contribution in [0.3, 0.4) is 0 Å². The molecule has 1 saturated heterocycles. The maximum Gasteiger partial charge on any atom is 0.268 e. The lowest BCUT2D eigenvalue weighted by molar-refractivity contribution is -0.122. The molecule has 9 heteroatoms. The monoisotopic (exact) mass is 370 g/mol. The van der Waals surface area contributed by atoms with E-state index in [9.17, 15) is 18.0 Å². The van der Waals surface area contributed by atoms with Crippen molar-refractivity contribution in [1.29, 1.82) is 0 Å². The molecule has 0 aliphatic carbocycles. The summed E-state index contributed by atoms with van der Waals surface area (Å²) in [6, 6.07) is 0.659. The SMILES string of the molecule is CCCNC(=O)[C@H](C)NC(=O)c1cc(S(=O)(=O)N2CCCC2)cn1C. The molecule has 2 heterocycles. The van der Waals surface area contributed by atoms with Crippen LogP contribution in [0.2, 0.25) is 0 Å². The Kier molecular flexibility index (Phi) is 6.23. The van der Waals surface area contributed by atoms with Gasteiger partial charge in [-0.05, 0) is 32.3 Å². The summed E-state index contributed by atoms with van der Waals surface area (Å²) in [6.45, 7) is 5.09. The van der Waals surface area contributed by atoms with Crippen molar-refractivity contribution in [3.05, 3.63) is 18.0 Å². The van der Waals surface area contributed by atoms with Gasteiger partial charge in [0.2, 0.25) is 15.9 Å². The highest BCUT2D eigenvalue weighted by Gasteiger charge is 2.29. The number of nitrogens with one attached hydrogen (secondary N) is 2. The van der Waals surface area contributed by atoms with Crippen molar-refractivity contribution in [3.63, 3.8) is 0 Å². The zero-order valence-electron chi connectivity index (χ0n) is 14.9. The maximum absolute atomic E-state index is 12.6. The molecule has 2 amide bonds. The molecule has 0 radical (unpaired) electrons. The van der Waals surface area contributed by atoms with Gasteiger partial charge in [-0.1, -0.05) is 6.92 Å². The number of nitrogens with zero attached hydrogens (tertiary/aromatic N) is 2. The number of rotatable bonds is 7. The third kappa shape index (κ3) is 4.40. The van der Waals surface area contributed by atoms with Gasteiger partial charge in [0.15, 0.2) is 0 Å². The lowest BCUT2D eigenvalue weighted by Crippen LogP contribution is -2.45. The molecule has 1 atom stereocenters. The summed E-state index contributed by atoms with van der Waals surface area (Å²) >= 11 is 0. The van der Waals surface area contributed by atoms with E-state index >= 15 is 0 Å². The van der Waals surface area contributed by atoms with Gasteiger partial charge in [-0.15, -0.1) is 0 Å². The smallest absolute Gasteiger partial charge is 0.268 e. The molecule has 2 rings (SSSR count). The van der Waals surface area contributed by atoms with Crippen LogP contribution in [0.15, 0.2) is 17.2 Å². The van der Waals surface area contributed by atoms with Crippen molar-refractivity contribution in [2.45, 2.75) is 44.0 Å². The average molecular weight is 370 g/mol. The molecule has 0 bridgehead atoms. The molecular formula is C16H26N4O4S. The first-order valence-electron chi connectivity index (χ1n) is 8.52. The van der Waals surface area contributed by atoms with Crippen molar-refractivity contribution >= 4 is 21.8 Å². The highest BCUT2D eigenvalue weighted by atomic mass is 32.2.